The van der Waals surface area contributed by atoms with Crippen molar-refractivity contribution in [1.82, 2.24) is 20.1 Å². The summed E-state index contributed by atoms with van der Waals surface area (Å²) >= 11 is 6.31. The third kappa shape index (κ3) is 2.37. The van der Waals surface area contributed by atoms with E-state index in [1.165, 1.54) is 0 Å². The lowest BCUT2D eigenvalue weighted by Crippen LogP contribution is -2.27. The van der Waals surface area contributed by atoms with Gasteiger partial charge in [-0.1, -0.05) is 29.8 Å². The van der Waals surface area contributed by atoms with E-state index in [4.69, 9.17) is 11.6 Å². The number of halogens is 1. The van der Waals surface area contributed by atoms with Crippen LogP contribution in [0.25, 0.3) is 10.9 Å². The molecule has 114 valence electrons. The van der Waals surface area contributed by atoms with E-state index in [-0.39, 0.29) is 11.9 Å². The van der Waals surface area contributed by atoms with Crippen LogP contribution in [-0.4, -0.2) is 20.7 Å². The Morgan fingerprint density at radius 3 is 2.77 bits per heavy atom. The molecule has 2 N–H and O–H groups in total. The number of benzene rings is 1. The van der Waals surface area contributed by atoms with E-state index >= 15 is 0 Å². The third-order valence-electron chi connectivity index (χ3n) is 3.96. The minimum Gasteiger partial charge on any atom is -0.349 e. The molecule has 0 unspecified atom stereocenters. The Morgan fingerprint density at radius 2 is 2.14 bits per heavy atom. The molecule has 1 atom stereocenters. The van der Waals surface area contributed by atoms with Gasteiger partial charge in [-0.2, -0.15) is 5.10 Å². The number of fused-ring (bicyclic) bond motifs is 1. The van der Waals surface area contributed by atoms with Gasteiger partial charge in [-0.05, 0) is 19.9 Å². The molecular formula is C16H17ClN4O. The van der Waals surface area contributed by atoms with Crippen molar-refractivity contribution in [3.63, 3.8) is 0 Å². The molecule has 1 aromatic carbocycles. The fourth-order valence-electron chi connectivity index (χ4n) is 2.55. The maximum absolute atomic E-state index is 12.5. The Balaban J connectivity index is 1.87. The number of rotatable bonds is 3. The summed E-state index contributed by atoms with van der Waals surface area (Å²) in [4.78, 5) is 15.6. The van der Waals surface area contributed by atoms with Gasteiger partial charge >= 0.3 is 0 Å². The van der Waals surface area contributed by atoms with Crippen LogP contribution in [0.1, 0.15) is 34.7 Å². The molecule has 5 nitrogen and oxygen atoms in total. The highest BCUT2D eigenvalue weighted by Crippen LogP contribution is 2.27. The lowest BCUT2D eigenvalue weighted by molar-refractivity contribution is 0.0936. The van der Waals surface area contributed by atoms with Gasteiger partial charge in [-0.3, -0.25) is 9.48 Å². The van der Waals surface area contributed by atoms with Crippen LogP contribution in [0.15, 0.2) is 30.5 Å². The molecule has 22 heavy (non-hydrogen) atoms. The predicted molar refractivity (Wildman–Crippen MR) is 87.1 cm³/mol. The maximum Gasteiger partial charge on any atom is 0.269 e. The van der Waals surface area contributed by atoms with Gasteiger partial charge in [0.05, 0.1) is 17.3 Å². The van der Waals surface area contributed by atoms with Gasteiger partial charge in [0.2, 0.25) is 0 Å². The molecule has 0 saturated carbocycles. The standard InChI is InChI=1S/C16H17ClN4O/c1-9(12-8-18-21(3)10(12)2)19-16(22)15-14(17)11-6-4-5-7-13(11)20-15/h4-9,20H,1-3H3,(H,19,22)/t9-/m1/s1. The van der Waals surface area contributed by atoms with Crippen molar-refractivity contribution in [2.24, 2.45) is 7.05 Å². The SMILES string of the molecule is Cc1c([C@@H](C)NC(=O)c2[nH]c3ccccc3c2Cl)cnn1C. The number of hydrogen-bond donors (Lipinski definition) is 2. The normalized spacial score (nSPS) is 12.5. The fourth-order valence-corrected chi connectivity index (χ4v) is 2.85. The van der Waals surface area contributed by atoms with Gasteiger partial charge in [0, 0.05) is 29.2 Å². The van der Waals surface area contributed by atoms with Gasteiger partial charge in [0.15, 0.2) is 0 Å². The summed E-state index contributed by atoms with van der Waals surface area (Å²) in [5.74, 6) is -0.225. The molecule has 0 aliphatic heterocycles. The number of aromatic nitrogens is 3. The number of carbonyl (C=O) groups is 1. The Kier molecular flexibility index (Phi) is 3.66. The first-order chi connectivity index (χ1) is 10.5. The second-order valence-electron chi connectivity index (χ2n) is 5.36. The van der Waals surface area contributed by atoms with Gasteiger partial charge in [0.1, 0.15) is 5.69 Å². The summed E-state index contributed by atoms with van der Waals surface area (Å²) in [6.45, 7) is 3.90. The summed E-state index contributed by atoms with van der Waals surface area (Å²) in [6, 6.07) is 7.43. The number of hydrogen-bond acceptors (Lipinski definition) is 2. The highest BCUT2D eigenvalue weighted by molar-refractivity contribution is 6.38. The highest BCUT2D eigenvalue weighted by atomic mass is 35.5. The van der Waals surface area contributed by atoms with Crippen molar-refractivity contribution < 1.29 is 4.79 Å². The van der Waals surface area contributed by atoms with Gasteiger partial charge in [-0.25, -0.2) is 0 Å². The van der Waals surface area contributed by atoms with E-state index in [0.717, 1.165) is 22.2 Å². The maximum atomic E-state index is 12.5. The Hall–Kier alpha value is -2.27. The molecule has 2 heterocycles. The van der Waals surface area contributed by atoms with Crippen molar-refractivity contribution in [2.45, 2.75) is 19.9 Å². The molecular weight excluding hydrogens is 300 g/mol. The third-order valence-corrected chi connectivity index (χ3v) is 4.35. The number of aromatic amines is 1. The van der Waals surface area contributed by atoms with Crippen LogP contribution in [0.2, 0.25) is 5.02 Å². The van der Waals surface area contributed by atoms with E-state index in [1.807, 2.05) is 45.2 Å². The average molecular weight is 317 g/mol. The first-order valence-electron chi connectivity index (χ1n) is 7.04. The Labute approximate surface area is 133 Å². The number of carbonyl (C=O) groups excluding carboxylic acids is 1. The average Bonchev–Trinajstić information content (AvgIpc) is 3.01. The molecule has 0 aliphatic carbocycles. The number of amides is 1. The molecule has 6 heteroatoms. The molecule has 0 saturated heterocycles. The van der Waals surface area contributed by atoms with Gasteiger partial charge in [-0.15, -0.1) is 0 Å². The van der Waals surface area contributed by atoms with E-state index in [9.17, 15) is 4.79 Å². The van der Waals surface area contributed by atoms with Crippen LogP contribution >= 0.6 is 11.6 Å². The fraction of sp³-hybridized carbons (Fsp3) is 0.250. The van der Waals surface area contributed by atoms with Crippen LogP contribution in [0.4, 0.5) is 0 Å². The van der Waals surface area contributed by atoms with Crippen LogP contribution in [-0.2, 0) is 7.05 Å². The quantitative estimate of drug-likeness (QED) is 0.778. The predicted octanol–water partition coefficient (Wildman–Crippen LogP) is 3.35. The van der Waals surface area contributed by atoms with Crippen molar-refractivity contribution in [3.8, 4) is 0 Å². The first kappa shape index (κ1) is 14.7. The van der Waals surface area contributed by atoms with E-state index in [1.54, 1.807) is 10.9 Å². The largest absolute Gasteiger partial charge is 0.349 e. The van der Waals surface area contributed by atoms with Crippen molar-refractivity contribution >= 4 is 28.4 Å². The minimum absolute atomic E-state index is 0.149. The molecule has 1 amide bonds. The molecule has 0 fully saturated rings. The van der Waals surface area contributed by atoms with Crippen LogP contribution in [0.5, 0.6) is 0 Å². The molecule has 0 aliphatic rings. The van der Waals surface area contributed by atoms with Crippen LogP contribution < -0.4 is 5.32 Å². The van der Waals surface area contributed by atoms with Crippen LogP contribution in [0, 0.1) is 6.92 Å². The molecule has 2 aromatic heterocycles. The number of para-hydroxylation sites is 1. The Bertz CT molecular complexity index is 849. The molecule has 0 radical (unpaired) electrons. The second kappa shape index (κ2) is 5.50. The summed E-state index contributed by atoms with van der Waals surface area (Å²) < 4.78 is 1.79. The zero-order valence-electron chi connectivity index (χ0n) is 12.6. The summed E-state index contributed by atoms with van der Waals surface area (Å²) in [6.07, 6.45) is 1.77. The highest BCUT2D eigenvalue weighted by Gasteiger charge is 2.20. The topological polar surface area (TPSA) is 62.7 Å². The lowest BCUT2D eigenvalue weighted by atomic mass is 10.1. The smallest absolute Gasteiger partial charge is 0.269 e. The molecule has 0 spiro atoms. The van der Waals surface area contributed by atoms with Gasteiger partial charge < -0.3 is 10.3 Å². The van der Waals surface area contributed by atoms with E-state index in [0.29, 0.717) is 10.7 Å². The van der Waals surface area contributed by atoms with Crippen molar-refractivity contribution in [1.29, 1.82) is 0 Å². The number of H-pyrrole nitrogens is 1. The van der Waals surface area contributed by atoms with Gasteiger partial charge in [0.25, 0.3) is 5.91 Å². The number of nitrogens with one attached hydrogen (secondary N) is 2. The van der Waals surface area contributed by atoms with Crippen molar-refractivity contribution in [3.05, 3.63) is 52.4 Å². The molecule has 3 aromatic rings. The number of aryl methyl sites for hydroxylation is 1. The molecule has 3 rings (SSSR count). The monoisotopic (exact) mass is 316 g/mol. The lowest BCUT2D eigenvalue weighted by Gasteiger charge is -2.13. The molecule has 0 bridgehead atoms. The van der Waals surface area contributed by atoms with Crippen LogP contribution in [0.3, 0.4) is 0 Å². The zero-order valence-corrected chi connectivity index (χ0v) is 13.4. The van der Waals surface area contributed by atoms with E-state index in [2.05, 4.69) is 15.4 Å². The van der Waals surface area contributed by atoms with E-state index < -0.39 is 0 Å². The summed E-state index contributed by atoms with van der Waals surface area (Å²) in [7, 11) is 1.88. The van der Waals surface area contributed by atoms with Crippen molar-refractivity contribution in [2.75, 3.05) is 0 Å². The summed E-state index contributed by atoms with van der Waals surface area (Å²) in [5, 5.41) is 8.46. The zero-order chi connectivity index (χ0) is 15.9. The second-order valence-corrected chi connectivity index (χ2v) is 5.74. The summed E-state index contributed by atoms with van der Waals surface area (Å²) in [5.41, 5.74) is 3.25. The minimum atomic E-state index is -0.225. The first-order valence-corrected chi connectivity index (χ1v) is 7.42. The number of nitrogens with zero attached hydrogens (tertiary/aromatic N) is 2. The Morgan fingerprint density at radius 1 is 1.41 bits per heavy atom.